The topological polar surface area (TPSA) is 46.8 Å². The Balaban J connectivity index is 1.33. The fraction of sp³-hybridized carbons (Fsp3) is 0.368. The summed E-state index contributed by atoms with van der Waals surface area (Å²) in [5.41, 5.74) is 1.88. The van der Waals surface area contributed by atoms with Gasteiger partial charge in [-0.2, -0.15) is 0 Å². The lowest BCUT2D eigenvalue weighted by atomic mass is 10.0. The number of carbonyl (C=O) groups is 1. The molecule has 1 aromatic heterocycles. The van der Waals surface area contributed by atoms with Gasteiger partial charge in [0.05, 0.1) is 5.71 Å². The van der Waals surface area contributed by atoms with Crippen LogP contribution in [-0.4, -0.2) is 40.3 Å². The predicted octanol–water partition coefficient (Wildman–Crippen LogP) is 2.84. The molecule has 3 heterocycles. The summed E-state index contributed by atoms with van der Waals surface area (Å²) in [6.07, 6.45) is 6.26. The zero-order valence-corrected chi connectivity index (χ0v) is 13.5. The van der Waals surface area contributed by atoms with E-state index in [-0.39, 0.29) is 5.91 Å². The number of hydrogen-bond acceptors (Lipinski definition) is 3. The van der Waals surface area contributed by atoms with Gasteiger partial charge in [0, 0.05) is 37.9 Å². The average Bonchev–Trinajstić information content (AvgIpc) is 3.34. The largest absolute Gasteiger partial charge is 0.382 e. The molecule has 24 heavy (non-hydrogen) atoms. The Bertz CT molecular complexity index is 716. The van der Waals surface area contributed by atoms with E-state index in [2.05, 4.69) is 22.1 Å². The SMILES string of the molecule is O=C([C@@H]1CC(c2ccccc2)=NO1)N1CCC(n2cccc2)CC1. The van der Waals surface area contributed by atoms with Crippen LogP contribution in [0.2, 0.25) is 0 Å². The van der Waals surface area contributed by atoms with E-state index in [1.165, 1.54) is 0 Å². The molecule has 124 valence electrons. The molecule has 2 aromatic rings. The molecule has 2 aliphatic heterocycles. The van der Waals surface area contributed by atoms with Gasteiger partial charge in [-0.3, -0.25) is 4.79 Å². The molecule has 1 aromatic carbocycles. The minimum Gasteiger partial charge on any atom is -0.382 e. The molecule has 0 aliphatic carbocycles. The quantitative estimate of drug-likeness (QED) is 0.872. The minimum absolute atomic E-state index is 0.0654. The van der Waals surface area contributed by atoms with Crippen LogP contribution >= 0.6 is 0 Å². The van der Waals surface area contributed by atoms with Crippen molar-refractivity contribution in [1.82, 2.24) is 9.47 Å². The van der Waals surface area contributed by atoms with E-state index >= 15 is 0 Å². The highest BCUT2D eigenvalue weighted by atomic mass is 16.6. The summed E-state index contributed by atoms with van der Waals surface area (Å²) in [5.74, 6) is 0.0654. The van der Waals surface area contributed by atoms with Crippen LogP contribution in [0.5, 0.6) is 0 Å². The molecule has 0 saturated carbocycles. The number of oxime groups is 1. The maximum Gasteiger partial charge on any atom is 0.266 e. The maximum atomic E-state index is 12.7. The van der Waals surface area contributed by atoms with Crippen molar-refractivity contribution >= 4 is 11.6 Å². The van der Waals surface area contributed by atoms with Gasteiger partial charge >= 0.3 is 0 Å². The van der Waals surface area contributed by atoms with Gasteiger partial charge in [0.1, 0.15) is 0 Å². The molecule has 1 fully saturated rings. The van der Waals surface area contributed by atoms with Gasteiger partial charge in [-0.15, -0.1) is 0 Å². The van der Waals surface area contributed by atoms with Crippen molar-refractivity contribution in [2.24, 2.45) is 5.16 Å². The molecule has 1 atom stereocenters. The summed E-state index contributed by atoms with van der Waals surface area (Å²) < 4.78 is 2.24. The molecule has 1 saturated heterocycles. The summed E-state index contributed by atoms with van der Waals surface area (Å²) in [6, 6.07) is 14.5. The fourth-order valence-corrected chi connectivity index (χ4v) is 3.49. The van der Waals surface area contributed by atoms with Crippen LogP contribution in [0.4, 0.5) is 0 Å². The van der Waals surface area contributed by atoms with E-state index < -0.39 is 6.10 Å². The van der Waals surface area contributed by atoms with Crippen LogP contribution in [0, 0.1) is 0 Å². The number of likely N-dealkylation sites (tertiary alicyclic amines) is 1. The van der Waals surface area contributed by atoms with Crippen molar-refractivity contribution in [3.05, 3.63) is 60.4 Å². The first-order valence-electron chi connectivity index (χ1n) is 8.50. The van der Waals surface area contributed by atoms with Crippen molar-refractivity contribution in [1.29, 1.82) is 0 Å². The fourth-order valence-electron chi connectivity index (χ4n) is 3.49. The molecule has 2 aliphatic rings. The predicted molar refractivity (Wildman–Crippen MR) is 91.8 cm³/mol. The van der Waals surface area contributed by atoms with E-state index in [4.69, 9.17) is 4.84 Å². The van der Waals surface area contributed by atoms with Crippen LogP contribution in [0.1, 0.15) is 30.9 Å². The van der Waals surface area contributed by atoms with E-state index in [1.54, 1.807) is 0 Å². The number of piperidine rings is 1. The van der Waals surface area contributed by atoms with Crippen LogP contribution in [0.15, 0.2) is 60.0 Å². The highest BCUT2D eigenvalue weighted by Crippen LogP contribution is 2.25. The first-order chi connectivity index (χ1) is 11.8. The van der Waals surface area contributed by atoms with Crippen molar-refractivity contribution < 1.29 is 9.63 Å². The van der Waals surface area contributed by atoms with E-state index in [9.17, 15) is 4.79 Å². The Morgan fingerprint density at radius 1 is 1.04 bits per heavy atom. The highest BCUT2D eigenvalue weighted by Gasteiger charge is 2.34. The number of benzene rings is 1. The Morgan fingerprint density at radius 3 is 2.46 bits per heavy atom. The van der Waals surface area contributed by atoms with Gasteiger partial charge < -0.3 is 14.3 Å². The van der Waals surface area contributed by atoms with E-state index in [1.807, 2.05) is 47.4 Å². The number of carbonyl (C=O) groups excluding carboxylic acids is 1. The molecular formula is C19H21N3O2. The maximum absolute atomic E-state index is 12.7. The third-order valence-corrected chi connectivity index (χ3v) is 4.88. The number of hydrogen-bond donors (Lipinski definition) is 0. The van der Waals surface area contributed by atoms with Crippen LogP contribution in [0.3, 0.4) is 0 Å². The standard InChI is InChI=1S/C19H21N3O2/c23-19(18-14-17(20-24-18)15-6-2-1-3-7-15)22-12-8-16(9-13-22)21-10-4-5-11-21/h1-7,10-11,16,18H,8-9,12-14H2/t18-/m0/s1. The zero-order chi connectivity index (χ0) is 16.4. The lowest BCUT2D eigenvalue weighted by Crippen LogP contribution is -2.44. The van der Waals surface area contributed by atoms with Crippen molar-refractivity contribution in [2.75, 3.05) is 13.1 Å². The minimum atomic E-state index is -0.469. The Kier molecular flexibility index (Phi) is 4.07. The van der Waals surface area contributed by atoms with E-state index in [0.717, 1.165) is 37.2 Å². The van der Waals surface area contributed by atoms with Crippen molar-refractivity contribution in [2.45, 2.75) is 31.4 Å². The summed E-state index contributed by atoms with van der Waals surface area (Å²) in [5, 5.41) is 4.12. The number of aromatic nitrogens is 1. The number of nitrogens with zero attached hydrogens (tertiary/aromatic N) is 3. The third kappa shape index (κ3) is 2.94. The zero-order valence-electron chi connectivity index (χ0n) is 13.5. The summed E-state index contributed by atoms with van der Waals surface area (Å²) in [4.78, 5) is 20.0. The second-order valence-electron chi connectivity index (χ2n) is 6.39. The van der Waals surface area contributed by atoms with Crippen LogP contribution < -0.4 is 0 Å². The second kappa shape index (κ2) is 6.51. The van der Waals surface area contributed by atoms with Crippen LogP contribution in [-0.2, 0) is 9.63 Å². The molecule has 0 bridgehead atoms. The lowest BCUT2D eigenvalue weighted by molar-refractivity contribution is -0.143. The first kappa shape index (κ1) is 15.0. The molecule has 4 rings (SSSR count). The smallest absolute Gasteiger partial charge is 0.266 e. The molecule has 0 radical (unpaired) electrons. The Hall–Kier alpha value is -2.56. The van der Waals surface area contributed by atoms with Gasteiger partial charge in [-0.25, -0.2) is 0 Å². The summed E-state index contributed by atoms with van der Waals surface area (Å²) in [7, 11) is 0. The Morgan fingerprint density at radius 2 is 1.75 bits per heavy atom. The number of amides is 1. The van der Waals surface area contributed by atoms with Gasteiger partial charge in [0.2, 0.25) is 6.10 Å². The van der Waals surface area contributed by atoms with Gasteiger partial charge in [-0.1, -0.05) is 35.5 Å². The van der Waals surface area contributed by atoms with Crippen molar-refractivity contribution in [3.63, 3.8) is 0 Å². The van der Waals surface area contributed by atoms with Gasteiger partial charge in [0.25, 0.3) is 5.91 Å². The van der Waals surface area contributed by atoms with Gasteiger partial charge in [0.15, 0.2) is 0 Å². The molecular weight excluding hydrogens is 302 g/mol. The van der Waals surface area contributed by atoms with Crippen LogP contribution in [0.25, 0.3) is 0 Å². The highest BCUT2D eigenvalue weighted by molar-refractivity contribution is 6.04. The number of rotatable bonds is 3. The monoisotopic (exact) mass is 323 g/mol. The van der Waals surface area contributed by atoms with Crippen molar-refractivity contribution in [3.8, 4) is 0 Å². The van der Waals surface area contributed by atoms with Gasteiger partial charge in [-0.05, 0) is 30.5 Å². The Labute approximate surface area is 141 Å². The van der Waals surface area contributed by atoms with E-state index in [0.29, 0.717) is 12.5 Å². The average molecular weight is 323 g/mol. The second-order valence-corrected chi connectivity index (χ2v) is 6.39. The summed E-state index contributed by atoms with van der Waals surface area (Å²) >= 11 is 0. The molecule has 0 unspecified atom stereocenters. The summed E-state index contributed by atoms with van der Waals surface area (Å²) in [6.45, 7) is 1.56. The molecule has 5 heteroatoms. The first-order valence-corrected chi connectivity index (χ1v) is 8.50. The molecule has 0 N–H and O–H groups in total. The normalized spacial score (nSPS) is 21.4. The molecule has 5 nitrogen and oxygen atoms in total. The lowest BCUT2D eigenvalue weighted by Gasteiger charge is -2.33. The molecule has 0 spiro atoms. The third-order valence-electron chi connectivity index (χ3n) is 4.88. The molecule has 1 amide bonds.